The Morgan fingerprint density at radius 2 is 1.79 bits per heavy atom. The summed E-state index contributed by atoms with van der Waals surface area (Å²) in [4.78, 5) is 26.0. The standard InChI is InChI=1S/C23H28N2O3/c1-16(26)24-21-19-8-5-6-9-20(19)25(22(21)27)14-7-15-28-18-12-10-17(11-13-18)23(2,3)4/h5-6,8-13,21H,7,14-15H2,1-4H3,(H,24,26)/t21-/m1/s1. The molecule has 1 aliphatic rings. The number of nitrogens with one attached hydrogen (secondary N) is 1. The maximum Gasteiger partial charge on any atom is 0.254 e. The molecule has 0 spiro atoms. The Labute approximate surface area is 166 Å². The van der Waals surface area contributed by atoms with Crippen LogP contribution in [-0.2, 0) is 15.0 Å². The monoisotopic (exact) mass is 380 g/mol. The lowest BCUT2D eigenvalue weighted by atomic mass is 9.87. The molecule has 148 valence electrons. The number of anilines is 1. The molecule has 0 saturated heterocycles. The van der Waals surface area contributed by atoms with Gasteiger partial charge in [-0.3, -0.25) is 9.59 Å². The van der Waals surface area contributed by atoms with Crippen molar-refractivity contribution in [1.82, 2.24) is 5.32 Å². The highest BCUT2D eigenvalue weighted by molar-refractivity contribution is 6.06. The van der Waals surface area contributed by atoms with E-state index in [9.17, 15) is 9.59 Å². The Bertz CT molecular complexity index is 853. The zero-order valence-corrected chi connectivity index (χ0v) is 17.0. The first-order valence-electron chi connectivity index (χ1n) is 9.68. The number of carbonyl (C=O) groups is 2. The van der Waals surface area contributed by atoms with Crippen molar-refractivity contribution in [3.05, 3.63) is 59.7 Å². The number of hydrogen-bond acceptors (Lipinski definition) is 3. The van der Waals surface area contributed by atoms with E-state index in [0.717, 1.165) is 17.0 Å². The van der Waals surface area contributed by atoms with Crippen molar-refractivity contribution < 1.29 is 14.3 Å². The highest BCUT2D eigenvalue weighted by Crippen LogP contribution is 2.35. The van der Waals surface area contributed by atoms with Gasteiger partial charge in [-0.15, -0.1) is 0 Å². The minimum atomic E-state index is -0.598. The second-order valence-corrected chi connectivity index (χ2v) is 8.16. The topological polar surface area (TPSA) is 58.6 Å². The van der Waals surface area contributed by atoms with Crippen molar-refractivity contribution in [2.24, 2.45) is 0 Å². The first kappa shape index (κ1) is 19.9. The summed E-state index contributed by atoms with van der Waals surface area (Å²) in [5.41, 5.74) is 3.09. The Kier molecular flexibility index (Phi) is 5.73. The fraction of sp³-hybridized carbons (Fsp3) is 0.391. The van der Waals surface area contributed by atoms with Gasteiger partial charge in [0.1, 0.15) is 11.8 Å². The van der Waals surface area contributed by atoms with Crippen LogP contribution in [0, 0.1) is 0 Å². The molecule has 0 bridgehead atoms. The van der Waals surface area contributed by atoms with Gasteiger partial charge in [-0.05, 0) is 35.6 Å². The summed E-state index contributed by atoms with van der Waals surface area (Å²) in [6.45, 7) is 9.04. The number of benzene rings is 2. The summed E-state index contributed by atoms with van der Waals surface area (Å²) in [6.07, 6.45) is 0.702. The average molecular weight is 380 g/mol. The van der Waals surface area contributed by atoms with E-state index in [2.05, 4.69) is 38.2 Å². The molecule has 2 aromatic carbocycles. The van der Waals surface area contributed by atoms with Gasteiger partial charge in [0.25, 0.3) is 5.91 Å². The molecule has 28 heavy (non-hydrogen) atoms. The Morgan fingerprint density at radius 3 is 2.43 bits per heavy atom. The molecular weight excluding hydrogens is 352 g/mol. The Balaban J connectivity index is 1.57. The van der Waals surface area contributed by atoms with Gasteiger partial charge in [0.05, 0.1) is 6.61 Å². The molecule has 0 unspecified atom stereocenters. The van der Waals surface area contributed by atoms with E-state index >= 15 is 0 Å². The molecule has 5 heteroatoms. The van der Waals surface area contributed by atoms with Gasteiger partial charge in [0.15, 0.2) is 0 Å². The lowest BCUT2D eigenvalue weighted by molar-refractivity contribution is -0.126. The lowest BCUT2D eigenvalue weighted by Gasteiger charge is -2.20. The van der Waals surface area contributed by atoms with E-state index in [0.29, 0.717) is 19.6 Å². The van der Waals surface area contributed by atoms with Gasteiger partial charge in [-0.2, -0.15) is 0 Å². The smallest absolute Gasteiger partial charge is 0.254 e. The van der Waals surface area contributed by atoms with Crippen molar-refractivity contribution in [2.45, 2.75) is 45.6 Å². The number of fused-ring (bicyclic) bond motifs is 1. The van der Waals surface area contributed by atoms with Crippen LogP contribution < -0.4 is 15.0 Å². The first-order chi connectivity index (χ1) is 13.3. The van der Waals surface area contributed by atoms with E-state index < -0.39 is 6.04 Å². The molecule has 2 aromatic rings. The van der Waals surface area contributed by atoms with Crippen molar-refractivity contribution in [1.29, 1.82) is 0 Å². The summed E-state index contributed by atoms with van der Waals surface area (Å²) in [5, 5.41) is 2.75. The van der Waals surface area contributed by atoms with Crippen molar-refractivity contribution >= 4 is 17.5 Å². The molecule has 0 fully saturated rings. The number of nitrogens with zero attached hydrogens (tertiary/aromatic N) is 1. The van der Waals surface area contributed by atoms with E-state index in [4.69, 9.17) is 4.74 Å². The minimum Gasteiger partial charge on any atom is -0.494 e. The van der Waals surface area contributed by atoms with Crippen molar-refractivity contribution in [3.8, 4) is 5.75 Å². The highest BCUT2D eigenvalue weighted by atomic mass is 16.5. The number of carbonyl (C=O) groups excluding carboxylic acids is 2. The molecule has 2 amide bonds. The second kappa shape index (κ2) is 8.05. The number of amides is 2. The van der Waals surface area contributed by atoms with Crippen LogP contribution >= 0.6 is 0 Å². The molecular formula is C23H28N2O3. The molecule has 1 aliphatic heterocycles. The van der Waals surface area contributed by atoms with Crippen LogP contribution in [0.2, 0.25) is 0 Å². The normalized spacial score (nSPS) is 16.1. The van der Waals surface area contributed by atoms with Crippen LogP contribution in [0.1, 0.15) is 51.3 Å². The van der Waals surface area contributed by atoms with Crippen LogP contribution in [0.3, 0.4) is 0 Å². The fourth-order valence-corrected chi connectivity index (χ4v) is 3.42. The number of hydrogen-bond donors (Lipinski definition) is 1. The molecule has 0 saturated carbocycles. The van der Waals surface area contributed by atoms with Crippen LogP contribution in [0.15, 0.2) is 48.5 Å². The van der Waals surface area contributed by atoms with E-state index in [1.807, 2.05) is 36.4 Å². The van der Waals surface area contributed by atoms with Crippen LogP contribution in [-0.4, -0.2) is 25.0 Å². The molecule has 0 aliphatic carbocycles. The number of para-hydroxylation sites is 1. The molecule has 0 aromatic heterocycles. The van der Waals surface area contributed by atoms with Crippen molar-refractivity contribution in [3.63, 3.8) is 0 Å². The molecule has 1 atom stereocenters. The predicted octanol–water partition coefficient (Wildman–Crippen LogP) is 3.98. The molecule has 3 rings (SSSR count). The summed E-state index contributed by atoms with van der Waals surface area (Å²) in [6, 6.07) is 15.2. The third-order valence-electron chi connectivity index (χ3n) is 4.91. The zero-order valence-electron chi connectivity index (χ0n) is 17.0. The predicted molar refractivity (Wildman–Crippen MR) is 111 cm³/mol. The third-order valence-corrected chi connectivity index (χ3v) is 4.91. The zero-order chi connectivity index (χ0) is 20.3. The van der Waals surface area contributed by atoms with Gasteiger partial charge < -0.3 is 15.0 Å². The van der Waals surface area contributed by atoms with Gasteiger partial charge >= 0.3 is 0 Å². The SMILES string of the molecule is CC(=O)N[C@H]1C(=O)N(CCCOc2ccc(C(C)(C)C)cc2)c2ccccc21. The average Bonchev–Trinajstić information content (AvgIpc) is 2.90. The summed E-state index contributed by atoms with van der Waals surface area (Å²) in [5.74, 6) is 0.528. The third kappa shape index (κ3) is 4.35. The Hall–Kier alpha value is -2.82. The van der Waals surface area contributed by atoms with Gasteiger partial charge in [0, 0.05) is 24.7 Å². The van der Waals surface area contributed by atoms with Gasteiger partial charge in [-0.1, -0.05) is 51.1 Å². The molecule has 5 nitrogen and oxygen atoms in total. The largest absolute Gasteiger partial charge is 0.494 e. The van der Waals surface area contributed by atoms with Crippen LogP contribution in [0.25, 0.3) is 0 Å². The van der Waals surface area contributed by atoms with Crippen LogP contribution in [0.4, 0.5) is 5.69 Å². The van der Waals surface area contributed by atoms with E-state index in [-0.39, 0.29) is 17.2 Å². The lowest BCUT2D eigenvalue weighted by Crippen LogP contribution is -2.37. The second-order valence-electron chi connectivity index (χ2n) is 8.16. The Morgan fingerprint density at radius 1 is 1.11 bits per heavy atom. The first-order valence-corrected chi connectivity index (χ1v) is 9.68. The maximum atomic E-state index is 12.8. The van der Waals surface area contributed by atoms with Crippen LogP contribution in [0.5, 0.6) is 5.75 Å². The molecule has 1 heterocycles. The van der Waals surface area contributed by atoms with Gasteiger partial charge in [0.2, 0.25) is 5.91 Å². The van der Waals surface area contributed by atoms with Gasteiger partial charge in [-0.25, -0.2) is 0 Å². The van der Waals surface area contributed by atoms with E-state index in [1.165, 1.54) is 12.5 Å². The molecule has 1 N–H and O–H groups in total. The number of ether oxygens (including phenoxy) is 1. The fourth-order valence-electron chi connectivity index (χ4n) is 3.42. The van der Waals surface area contributed by atoms with Crippen molar-refractivity contribution in [2.75, 3.05) is 18.1 Å². The highest BCUT2D eigenvalue weighted by Gasteiger charge is 2.37. The number of rotatable bonds is 6. The summed E-state index contributed by atoms with van der Waals surface area (Å²) in [7, 11) is 0. The minimum absolute atomic E-state index is 0.0917. The molecule has 0 radical (unpaired) electrons. The van der Waals surface area contributed by atoms with E-state index in [1.54, 1.807) is 4.90 Å². The quantitative estimate of drug-likeness (QED) is 0.771. The summed E-state index contributed by atoms with van der Waals surface area (Å²) < 4.78 is 5.84. The summed E-state index contributed by atoms with van der Waals surface area (Å²) >= 11 is 0. The maximum absolute atomic E-state index is 12.8.